The van der Waals surface area contributed by atoms with E-state index in [1.165, 1.54) is 13.2 Å². The van der Waals surface area contributed by atoms with Crippen molar-refractivity contribution >= 4 is 33.2 Å². The van der Waals surface area contributed by atoms with Gasteiger partial charge in [-0.2, -0.15) is 0 Å². The standard InChI is InChI=1S/C20H21NO7S2/c1-25-19-15(4-5-17(22)21-6-8-26-9-7-21)14(11-16-20(19)28-13-27-16)12-30(23,24)18-3-2-10-29-18/h2-5,10-11H,6-9,12-13H2,1H3/b5-4+. The van der Waals surface area contributed by atoms with Gasteiger partial charge in [0.25, 0.3) is 0 Å². The van der Waals surface area contributed by atoms with Crippen LogP contribution in [0.3, 0.4) is 0 Å². The average Bonchev–Trinajstić information content (AvgIpc) is 3.44. The molecular weight excluding hydrogens is 430 g/mol. The van der Waals surface area contributed by atoms with E-state index in [9.17, 15) is 13.2 Å². The first-order valence-electron chi connectivity index (χ1n) is 9.30. The Labute approximate surface area is 178 Å². The van der Waals surface area contributed by atoms with E-state index in [4.69, 9.17) is 18.9 Å². The smallest absolute Gasteiger partial charge is 0.246 e. The number of sulfone groups is 1. The molecular formula is C20H21NO7S2. The number of ether oxygens (including phenoxy) is 4. The lowest BCUT2D eigenvalue weighted by Gasteiger charge is -2.25. The summed E-state index contributed by atoms with van der Waals surface area (Å²) in [5.74, 6) is 0.719. The van der Waals surface area contributed by atoms with Crippen LogP contribution in [0.2, 0.25) is 0 Å². The maximum absolute atomic E-state index is 12.9. The number of carbonyl (C=O) groups excluding carboxylic acids is 1. The van der Waals surface area contributed by atoms with Crippen LogP contribution in [0.25, 0.3) is 6.08 Å². The van der Waals surface area contributed by atoms with E-state index in [0.29, 0.717) is 54.7 Å². The topological polar surface area (TPSA) is 91.4 Å². The van der Waals surface area contributed by atoms with Crippen molar-refractivity contribution in [2.75, 3.05) is 40.2 Å². The third kappa shape index (κ3) is 4.16. The number of hydrogen-bond donors (Lipinski definition) is 0. The lowest BCUT2D eigenvalue weighted by molar-refractivity contribution is -0.129. The van der Waals surface area contributed by atoms with Gasteiger partial charge in [-0.25, -0.2) is 8.42 Å². The molecule has 10 heteroatoms. The van der Waals surface area contributed by atoms with Gasteiger partial charge >= 0.3 is 0 Å². The summed E-state index contributed by atoms with van der Waals surface area (Å²) in [6.45, 7) is 2.04. The van der Waals surface area contributed by atoms with Gasteiger partial charge in [0, 0.05) is 24.7 Å². The SMILES string of the molecule is COc1c(/C=C/C(=O)N2CCOCC2)c(CS(=O)(=O)c2cccs2)cc2c1OCO2. The lowest BCUT2D eigenvalue weighted by Crippen LogP contribution is -2.39. The molecule has 1 fully saturated rings. The molecule has 2 aromatic rings. The number of methoxy groups -OCH3 is 1. The van der Waals surface area contributed by atoms with E-state index in [1.54, 1.807) is 34.6 Å². The zero-order chi connectivity index (χ0) is 21.1. The van der Waals surface area contributed by atoms with E-state index in [2.05, 4.69) is 0 Å². The van der Waals surface area contributed by atoms with Crippen molar-refractivity contribution in [1.82, 2.24) is 4.90 Å². The molecule has 2 aliphatic heterocycles. The van der Waals surface area contributed by atoms with Crippen LogP contribution in [0, 0.1) is 0 Å². The summed E-state index contributed by atoms with van der Waals surface area (Å²) < 4.78 is 47.8. The highest BCUT2D eigenvalue weighted by atomic mass is 32.2. The summed E-state index contributed by atoms with van der Waals surface area (Å²) in [6, 6.07) is 4.90. The minimum absolute atomic E-state index is 0.0166. The number of rotatable bonds is 6. The second-order valence-electron chi connectivity index (χ2n) is 6.68. The molecule has 0 saturated carbocycles. The highest BCUT2D eigenvalue weighted by molar-refractivity contribution is 7.92. The molecule has 0 bridgehead atoms. The third-order valence-corrected chi connectivity index (χ3v) is 7.96. The van der Waals surface area contributed by atoms with Crippen LogP contribution < -0.4 is 14.2 Å². The van der Waals surface area contributed by atoms with Gasteiger partial charge in [-0.05, 0) is 29.2 Å². The number of fused-ring (bicyclic) bond motifs is 1. The van der Waals surface area contributed by atoms with Crippen LogP contribution in [0.1, 0.15) is 11.1 Å². The van der Waals surface area contributed by atoms with Gasteiger partial charge in [0.2, 0.25) is 18.4 Å². The Kier molecular flexibility index (Phi) is 5.98. The number of nitrogens with zero attached hydrogens (tertiary/aromatic N) is 1. The Morgan fingerprint density at radius 3 is 2.80 bits per heavy atom. The van der Waals surface area contributed by atoms with Crippen molar-refractivity contribution in [2.24, 2.45) is 0 Å². The first-order valence-corrected chi connectivity index (χ1v) is 11.8. The first-order chi connectivity index (χ1) is 14.5. The Morgan fingerprint density at radius 2 is 2.10 bits per heavy atom. The zero-order valence-corrected chi connectivity index (χ0v) is 18.0. The normalized spacial score (nSPS) is 16.2. The van der Waals surface area contributed by atoms with Gasteiger partial charge in [-0.3, -0.25) is 4.79 Å². The van der Waals surface area contributed by atoms with E-state index in [-0.39, 0.29) is 22.7 Å². The molecule has 0 unspecified atom stereocenters. The van der Waals surface area contributed by atoms with Crippen molar-refractivity contribution < 1.29 is 32.2 Å². The van der Waals surface area contributed by atoms with Gasteiger partial charge in [0.05, 0.1) is 26.1 Å². The van der Waals surface area contributed by atoms with Crippen LogP contribution in [0.4, 0.5) is 0 Å². The zero-order valence-electron chi connectivity index (χ0n) is 16.3. The Balaban J connectivity index is 1.72. The summed E-state index contributed by atoms with van der Waals surface area (Å²) in [4.78, 5) is 14.2. The number of carbonyl (C=O) groups is 1. The number of hydrogen-bond acceptors (Lipinski definition) is 8. The summed E-state index contributed by atoms with van der Waals surface area (Å²) in [6.07, 6.45) is 3.00. The fraction of sp³-hybridized carbons (Fsp3) is 0.350. The molecule has 8 nitrogen and oxygen atoms in total. The maximum atomic E-state index is 12.9. The monoisotopic (exact) mass is 451 g/mol. The van der Waals surface area contributed by atoms with Crippen LogP contribution >= 0.6 is 11.3 Å². The van der Waals surface area contributed by atoms with Crippen molar-refractivity contribution in [2.45, 2.75) is 9.96 Å². The van der Waals surface area contributed by atoms with E-state index >= 15 is 0 Å². The molecule has 160 valence electrons. The molecule has 4 rings (SSSR count). The van der Waals surface area contributed by atoms with Crippen LogP contribution in [-0.4, -0.2) is 59.4 Å². The third-order valence-electron chi connectivity index (χ3n) is 4.81. The second-order valence-corrected chi connectivity index (χ2v) is 9.84. The predicted molar refractivity (Wildman–Crippen MR) is 111 cm³/mol. The van der Waals surface area contributed by atoms with Gasteiger partial charge in [0.15, 0.2) is 21.3 Å². The molecule has 1 amide bonds. The van der Waals surface area contributed by atoms with Gasteiger partial charge < -0.3 is 23.8 Å². The first kappa shape index (κ1) is 20.7. The van der Waals surface area contributed by atoms with Crippen molar-refractivity contribution in [3.63, 3.8) is 0 Å². The Bertz CT molecular complexity index is 1060. The Hall–Kier alpha value is -2.56. The summed E-state index contributed by atoms with van der Waals surface area (Å²) in [7, 11) is -2.10. The largest absolute Gasteiger partial charge is 0.492 e. The molecule has 0 spiro atoms. The molecule has 1 saturated heterocycles. The number of amides is 1. The van der Waals surface area contributed by atoms with Crippen molar-refractivity contribution in [1.29, 1.82) is 0 Å². The highest BCUT2D eigenvalue weighted by Gasteiger charge is 2.27. The molecule has 0 atom stereocenters. The molecule has 1 aromatic heterocycles. The fourth-order valence-electron chi connectivity index (χ4n) is 3.34. The van der Waals surface area contributed by atoms with Crippen LogP contribution in [-0.2, 0) is 25.1 Å². The van der Waals surface area contributed by atoms with Crippen LogP contribution in [0.5, 0.6) is 17.2 Å². The summed E-state index contributed by atoms with van der Waals surface area (Å²) >= 11 is 1.16. The Morgan fingerprint density at radius 1 is 1.30 bits per heavy atom. The molecule has 30 heavy (non-hydrogen) atoms. The van der Waals surface area contributed by atoms with E-state index in [1.807, 2.05) is 0 Å². The molecule has 0 radical (unpaired) electrons. The minimum Gasteiger partial charge on any atom is -0.492 e. The molecule has 0 aliphatic carbocycles. The van der Waals surface area contributed by atoms with E-state index < -0.39 is 9.84 Å². The van der Waals surface area contributed by atoms with Crippen LogP contribution in [0.15, 0.2) is 33.9 Å². The van der Waals surface area contributed by atoms with Gasteiger partial charge in [0.1, 0.15) is 4.21 Å². The van der Waals surface area contributed by atoms with Gasteiger partial charge in [-0.15, -0.1) is 11.3 Å². The highest BCUT2D eigenvalue weighted by Crippen LogP contribution is 2.46. The number of benzene rings is 1. The van der Waals surface area contributed by atoms with Crippen molar-refractivity contribution in [3.05, 3.63) is 40.8 Å². The average molecular weight is 452 g/mol. The van der Waals surface area contributed by atoms with E-state index in [0.717, 1.165) is 11.3 Å². The minimum atomic E-state index is -3.57. The second kappa shape index (κ2) is 8.66. The van der Waals surface area contributed by atoms with Gasteiger partial charge in [-0.1, -0.05) is 6.07 Å². The maximum Gasteiger partial charge on any atom is 0.246 e. The summed E-state index contributed by atoms with van der Waals surface area (Å²) in [5, 5.41) is 1.72. The predicted octanol–water partition coefficient (Wildman–Crippen LogP) is 2.33. The summed E-state index contributed by atoms with van der Waals surface area (Å²) in [5.41, 5.74) is 0.944. The van der Waals surface area contributed by atoms with Crippen molar-refractivity contribution in [3.8, 4) is 17.2 Å². The fourth-order valence-corrected chi connectivity index (χ4v) is 5.80. The lowest BCUT2D eigenvalue weighted by atomic mass is 10.0. The number of thiophene rings is 1. The molecule has 3 heterocycles. The molecule has 1 aromatic carbocycles. The molecule has 2 aliphatic rings. The number of morpholine rings is 1. The molecule has 0 N–H and O–H groups in total. The quantitative estimate of drug-likeness (QED) is 0.623.